The summed E-state index contributed by atoms with van der Waals surface area (Å²) in [5, 5.41) is 3.75. The van der Waals surface area contributed by atoms with Crippen LogP contribution in [0.5, 0.6) is 5.75 Å². The van der Waals surface area contributed by atoms with Gasteiger partial charge in [-0.25, -0.2) is 4.79 Å². The van der Waals surface area contributed by atoms with Gasteiger partial charge in [-0.05, 0) is 54.7 Å². The maximum absolute atomic E-state index is 12.3. The number of carbonyl (C=O) groups is 1. The van der Waals surface area contributed by atoms with Crippen molar-refractivity contribution in [2.45, 2.75) is 31.9 Å². The van der Waals surface area contributed by atoms with E-state index in [0.29, 0.717) is 24.7 Å². The highest BCUT2D eigenvalue weighted by Gasteiger charge is 2.39. The molecule has 5 rings (SSSR count). The van der Waals surface area contributed by atoms with Gasteiger partial charge < -0.3 is 14.8 Å². The van der Waals surface area contributed by atoms with E-state index in [1.807, 2.05) is 49.4 Å². The first-order chi connectivity index (χ1) is 15.7. The molecule has 0 bridgehead atoms. The number of benzene rings is 3. The smallest absolute Gasteiger partial charge is 0.338 e. The fourth-order valence-electron chi connectivity index (χ4n) is 4.85. The van der Waals surface area contributed by atoms with Crippen LogP contribution >= 0.6 is 0 Å². The van der Waals surface area contributed by atoms with Gasteiger partial charge in [0.2, 0.25) is 0 Å². The first-order valence-electron chi connectivity index (χ1n) is 11.2. The summed E-state index contributed by atoms with van der Waals surface area (Å²) in [6, 6.07) is 24.5. The van der Waals surface area contributed by atoms with E-state index in [2.05, 4.69) is 47.8 Å². The van der Waals surface area contributed by atoms with Crippen LogP contribution in [0, 0.1) is 5.92 Å². The van der Waals surface area contributed by atoms with Crippen molar-refractivity contribution in [2.75, 3.05) is 11.9 Å². The number of anilines is 1. The van der Waals surface area contributed by atoms with Crippen LogP contribution in [0.25, 0.3) is 0 Å². The van der Waals surface area contributed by atoms with Crippen LogP contribution in [0.4, 0.5) is 5.69 Å². The van der Waals surface area contributed by atoms with Crippen molar-refractivity contribution in [1.29, 1.82) is 0 Å². The highest BCUT2D eigenvalue weighted by atomic mass is 16.5. The molecule has 1 heterocycles. The molecular weight excluding hydrogens is 398 g/mol. The Morgan fingerprint density at radius 2 is 1.81 bits per heavy atom. The van der Waals surface area contributed by atoms with E-state index >= 15 is 0 Å². The first kappa shape index (κ1) is 20.4. The van der Waals surface area contributed by atoms with Gasteiger partial charge in [-0.2, -0.15) is 0 Å². The van der Waals surface area contributed by atoms with E-state index in [-0.39, 0.29) is 17.9 Å². The number of rotatable bonds is 6. The maximum atomic E-state index is 12.3. The van der Waals surface area contributed by atoms with Crippen LogP contribution < -0.4 is 10.1 Å². The van der Waals surface area contributed by atoms with Crippen molar-refractivity contribution in [3.8, 4) is 5.75 Å². The fraction of sp³-hybridized carbons (Fsp3) is 0.250. The number of nitrogens with one attached hydrogen (secondary N) is 1. The molecule has 0 radical (unpaired) electrons. The van der Waals surface area contributed by atoms with Crippen molar-refractivity contribution in [1.82, 2.24) is 0 Å². The molecule has 3 aromatic carbocycles. The quantitative estimate of drug-likeness (QED) is 0.374. The summed E-state index contributed by atoms with van der Waals surface area (Å²) in [6.45, 7) is 2.74. The topological polar surface area (TPSA) is 47.6 Å². The van der Waals surface area contributed by atoms with Gasteiger partial charge in [0.15, 0.2) is 0 Å². The van der Waals surface area contributed by atoms with E-state index in [0.717, 1.165) is 29.0 Å². The number of esters is 1. The van der Waals surface area contributed by atoms with Crippen molar-refractivity contribution >= 4 is 11.7 Å². The van der Waals surface area contributed by atoms with Gasteiger partial charge in [0.25, 0.3) is 0 Å². The average Bonchev–Trinajstić information content (AvgIpc) is 3.33. The molecule has 0 spiro atoms. The Morgan fingerprint density at radius 1 is 1.00 bits per heavy atom. The zero-order valence-corrected chi connectivity index (χ0v) is 18.2. The van der Waals surface area contributed by atoms with Gasteiger partial charge in [0, 0.05) is 17.2 Å². The molecule has 3 aromatic rings. The third-order valence-electron chi connectivity index (χ3n) is 6.37. The zero-order valence-electron chi connectivity index (χ0n) is 18.2. The van der Waals surface area contributed by atoms with Gasteiger partial charge >= 0.3 is 5.97 Å². The third-order valence-corrected chi connectivity index (χ3v) is 6.37. The minimum absolute atomic E-state index is 0.128. The molecule has 1 aliphatic carbocycles. The van der Waals surface area contributed by atoms with Gasteiger partial charge in [-0.3, -0.25) is 0 Å². The summed E-state index contributed by atoms with van der Waals surface area (Å²) in [5.41, 5.74) is 5.15. The number of ether oxygens (including phenoxy) is 2. The molecule has 162 valence electrons. The Hall–Kier alpha value is -3.53. The Kier molecular flexibility index (Phi) is 5.68. The van der Waals surface area contributed by atoms with Crippen LogP contribution in [0.15, 0.2) is 84.9 Å². The van der Waals surface area contributed by atoms with Gasteiger partial charge in [0.1, 0.15) is 12.4 Å². The van der Waals surface area contributed by atoms with Crippen molar-refractivity contribution in [2.24, 2.45) is 5.92 Å². The lowest BCUT2D eigenvalue weighted by Crippen LogP contribution is -2.29. The second kappa shape index (κ2) is 8.91. The van der Waals surface area contributed by atoms with Crippen molar-refractivity contribution in [3.05, 3.63) is 107 Å². The Morgan fingerprint density at radius 3 is 2.66 bits per heavy atom. The predicted octanol–water partition coefficient (Wildman–Crippen LogP) is 6.27. The standard InChI is InChI=1S/C28H27NO3/c1-2-31-28(30)20-15-16-25-24(17-20)21-12-8-13-22(21)27(29-25)23-11-6-7-14-26(23)32-18-19-9-4-3-5-10-19/h3-12,14-17,21-22,27,29H,2,13,18H2,1H3/t21-,22+,27+/m1/s1. The summed E-state index contributed by atoms with van der Waals surface area (Å²) < 4.78 is 11.5. The SMILES string of the molecule is CCOC(=O)c1ccc2c(c1)[C@@H]1C=CC[C@@H]1[C@@H](c1ccccc1OCc1ccccc1)N2. The Labute approximate surface area is 188 Å². The normalized spacial score (nSPS) is 20.7. The molecule has 4 heteroatoms. The monoisotopic (exact) mass is 425 g/mol. The van der Waals surface area contributed by atoms with Crippen LogP contribution in [0.3, 0.4) is 0 Å². The number of carbonyl (C=O) groups excluding carboxylic acids is 1. The van der Waals surface area contributed by atoms with Crippen molar-refractivity contribution in [3.63, 3.8) is 0 Å². The van der Waals surface area contributed by atoms with E-state index in [1.54, 1.807) is 0 Å². The lowest BCUT2D eigenvalue weighted by atomic mass is 9.76. The molecule has 32 heavy (non-hydrogen) atoms. The van der Waals surface area contributed by atoms with Gasteiger partial charge in [-0.1, -0.05) is 60.7 Å². The lowest BCUT2D eigenvalue weighted by molar-refractivity contribution is 0.0526. The largest absolute Gasteiger partial charge is 0.489 e. The lowest BCUT2D eigenvalue weighted by Gasteiger charge is -2.38. The van der Waals surface area contributed by atoms with E-state index < -0.39 is 0 Å². The molecular formula is C28H27NO3. The number of hydrogen-bond donors (Lipinski definition) is 1. The second-order valence-corrected chi connectivity index (χ2v) is 8.31. The third kappa shape index (κ3) is 3.89. The van der Waals surface area contributed by atoms with E-state index in [9.17, 15) is 4.79 Å². The molecule has 0 saturated heterocycles. The molecule has 0 fully saturated rings. The molecule has 1 aliphatic heterocycles. The van der Waals surface area contributed by atoms with Crippen LogP contribution in [0.1, 0.15) is 52.4 Å². The predicted molar refractivity (Wildman–Crippen MR) is 126 cm³/mol. The molecule has 1 N–H and O–H groups in total. The zero-order chi connectivity index (χ0) is 21.9. The summed E-state index contributed by atoms with van der Waals surface area (Å²) in [6.07, 6.45) is 5.52. The highest BCUT2D eigenvalue weighted by Crippen LogP contribution is 2.51. The first-order valence-corrected chi connectivity index (χ1v) is 11.2. The average molecular weight is 426 g/mol. The van der Waals surface area contributed by atoms with Crippen LogP contribution in [-0.4, -0.2) is 12.6 Å². The summed E-state index contributed by atoms with van der Waals surface area (Å²) in [7, 11) is 0. The van der Waals surface area contributed by atoms with Gasteiger partial charge in [-0.15, -0.1) is 0 Å². The summed E-state index contributed by atoms with van der Waals surface area (Å²) in [4.78, 5) is 12.3. The molecule has 0 aromatic heterocycles. The number of fused-ring (bicyclic) bond motifs is 3. The van der Waals surface area contributed by atoms with Crippen LogP contribution in [-0.2, 0) is 11.3 Å². The highest BCUT2D eigenvalue weighted by molar-refractivity contribution is 5.90. The van der Waals surface area contributed by atoms with E-state index in [4.69, 9.17) is 9.47 Å². The Bertz CT molecular complexity index is 1140. The Balaban J connectivity index is 1.45. The van der Waals surface area contributed by atoms with E-state index in [1.165, 1.54) is 5.56 Å². The number of allylic oxidation sites excluding steroid dienone is 2. The minimum Gasteiger partial charge on any atom is -0.489 e. The number of hydrogen-bond acceptors (Lipinski definition) is 4. The maximum Gasteiger partial charge on any atom is 0.338 e. The molecule has 4 nitrogen and oxygen atoms in total. The summed E-state index contributed by atoms with van der Waals surface area (Å²) in [5.74, 6) is 1.26. The molecule has 0 saturated carbocycles. The molecule has 2 aliphatic rings. The fourth-order valence-corrected chi connectivity index (χ4v) is 4.85. The molecule has 3 atom stereocenters. The molecule has 0 amide bonds. The van der Waals surface area contributed by atoms with Gasteiger partial charge in [0.05, 0.1) is 18.2 Å². The van der Waals surface area contributed by atoms with Crippen LogP contribution in [0.2, 0.25) is 0 Å². The van der Waals surface area contributed by atoms with Crippen molar-refractivity contribution < 1.29 is 14.3 Å². The molecule has 0 unspecified atom stereocenters. The minimum atomic E-state index is -0.268. The second-order valence-electron chi connectivity index (χ2n) is 8.31. The summed E-state index contributed by atoms with van der Waals surface area (Å²) >= 11 is 0. The number of para-hydroxylation sites is 1.